The molecule has 5 heteroatoms. The topological polar surface area (TPSA) is 61.2 Å². The highest BCUT2D eigenvalue weighted by Gasteiger charge is 2.14. The van der Waals surface area contributed by atoms with E-state index in [1.807, 2.05) is 13.0 Å². The van der Waals surface area contributed by atoms with Gasteiger partial charge in [0.15, 0.2) is 5.78 Å². The van der Waals surface area contributed by atoms with E-state index < -0.39 is 0 Å². The van der Waals surface area contributed by atoms with Crippen molar-refractivity contribution in [3.05, 3.63) is 57.8 Å². The van der Waals surface area contributed by atoms with Gasteiger partial charge in [-0.2, -0.15) is 0 Å². The number of Topliss-reactive ketones (excluding diaryl/α,β-unsaturated/α-hetero) is 1. The Bertz CT molecular complexity index is 720. The zero-order valence-electron chi connectivity index (χ0n) is 12.4. The zero-order valence-corrected chi connectivity index (χ0v) is 12.4. The number of aryl methyl sites for hydroxylation is 2. The molecule has 0 aliphatic carbocycles. The maximum atomic E-state index is 12.4. The van der Waals surface area contributed by atoms with Crippen molar-refractivity contribution in [2.45, 2.75) is 27.3 Å². The highest BCUT2D eigenvalue weighted by Crippen LogP contribution is 2.19. The van der Waals surface area contributed by atoms with Gasteiger partial charge >= 0.3 is 0 Å². The van der Waals surface area contributed by atoms with Gasteiger partial charge in [-0.15, -0.1) is 0 Å². The zero-order chi connectivity index (χ0) is 15.4. The van der Waals surface area contributed by atoms with Crippen LogP contribution in [-0.2, 0) is 6.54 Å². The van der Waals surface area contributed by atoms with Gasteiger partial charge in [-0.3, -0.25) is 14.2 Å². The number of nitrogens with zero attached hydrogens (tertiary/aromatic N) is 2. The highest BCUT2D eigenvalue weighted by atomic mass is 16.5. The molecule has 2 rings (SSSR count). The van der Waals surface area contributed by atoms with Crippen molar-refractivity contribution in [2.24, 2.45) is 0 Å². The van der Waals surface area contributed by atoms with Crippen LogP contribution in [0.1, 0.15) is 28.8 Å². The SMILES string of the molecule is CCOc1ccccc1C(=O)Cn1c(C)nc(C)cc1=O. The average molecular weight is 286 g/mol. The minimum atomic E-state index is -0.220. The molecule has 0 fully saturated rings. The van der Waals surface area contributed by atoms with E-state index in [1.54, 1.807) is 32.0 Å². The lowest BCUT2D eigenvalue weighted by molar-refractivity contribution is 0.0965. The Labute approximate surface area is 123 Å². The molecular weight excluding hydrogens is 268 g/mol. The molecular formula is C16H18N2O3. The third-order valence-corrected chi connectivity index (χ3v) is 3.12. The molecule has 1 aromatic heterocycles. The number of carbonyl (C=O) groups is 1. The molecule has 0 aliphatic rings. The normalized spacial score (nSPS) is 10.4. The monoisotopic (exact) mass is 286 g/mol. The van der Waals surface area contributed by atoms with Crippen LogP contribution in [0.25, 0.3) is 0 Å². The van der Waals surface area contributed by atoms with Crippen LogP contribution in [0.2, 0.25) is 0 Å². The minimum absolute atomic E-state index is 0.0396. The fourth-order valence-electron chi connectivity index (χ4n) is 2.16. The lowest BCUT2D eigenvalue weighted by Gasteiger charge is -2.11. The Morgan fingerprint density at radius 2 is 2.00 bits per heavy atom. The summed E-state index contributed by atoms with van der Waals surface area (Å²) in [6.07, 6.45) is 0. The van der Waals surface area contributed by atoms with Gasteiger partial charge in [0.1, 0.15) is 11.6 Å². The molecule has 21 heavy (non-hydrogen) atoms. The van der Waals surface area contributed by atoms with Crippen LogP contribution in [0.4, 0.5) is 0 Å². The fraction of sp³-hybridized carbons (Fsp3) is 0.312. The number of hydrogen-bond acceptors (Lipinski definition) is 4. The maximum Gasteiger partial charge on any atom is 0.254 e. The van der Waals surface area contributed by atoms with E-state index in [9.17, 15) is 9.59 Å². The third kappa shape index (κ3) is 3.37. The van der Waals surface area contributed by atoms with Gasteiger partial charge in [-0.25, -0.2) is 4.98 Å². The van der Waals surface area contributed by atoms with E-state index >= 15 is 0 Å². The predicted octanol–water partition coefficient (Wildman–Crippen LogP) is 2.14. The largest absolute Gasteiger partial charge is 0.493 e. The lowest BCUT2D eigenvalue weighted by atomic mass is 10.1. The summed E-state index contributed by atoms with van der Waals surface area (Å²) in [5, 5.41) is 0. The standard InChI is InChI=1S/C16H18N2O3/c1-4-21-15-8-6-5-7-13(15)14(19)10-18-12(3)17-11(2)9-16(18)20/h5-9H,4,10H2,1-3H3. The fourth-order valence-corrected chi connectivity index (χ4v) is 2.16. The molecule has 110 valence electrons. The van der Waals surface area contributed by atoms with Crippen LogP contribution < -0.4 is 10.3 Å². The molecule has 0 amide bonds. The minimum Gasteiger partial charge on any atom is -0.493 e. The van der Waals surface area contributed by atoms with Gasteiger partial charge in [0.2, 0.25) is 0 Å². The summed E-state index contributed by atoms with van der Waals surface area (Å²) in [6, 6.07) is 8.47. The van der Waals surface area contributed by atoms with Crippen molar-refractivity contribution in [1.82, 2.24) is 9.55 Å². The molecule has 0 saturated heterocycles. The van der Waals surface area contributed by atoms with Gasteiger partial charge in [0.05, 0.1) is 18.7 Å². The van der Waals surface area contributed by atoms with Crippen molar-refractivity contribution in [3.63, 3.8) is 0 Å². The predicted molar refractivity (Wildman–Crippen MR) is 79.9 cm³/mol. The maximum absolute atomic E-state index is 12.4. The Morgan fingerprint density at radius 3 is 2.67 bits per heavy atom. The summed E-state index contributed by atoms with van der Waals surface area (Å²) in [7, 11) is 0. The van der Waals surface area contributed by atoms with Crippen molar-refractivity contribution < 1.29 is 9.53 Å². The number of benzene rings is 1. The van der Waals surface area contributed by atoms with E-state index in [0.717, 1.165) is 0 Å². The first kappa shape index (κ1) is 15.0. The Balaban J connectivity index is 2.33. The molecule has 0 aliphatic heterocycles. The number of ether oxygens (including phenoxy) is 1. The van der Waals surface area contributed by atoms with Gasteiger partial charge < -0.3 is 4.74 Å². The second-order valence-electron chi connectivity index (χ2n) is 4.72. The number of rotatable bonds is 5. The molecule has 0 bridgehead atoms. The van der Waals surface area contributed by atoms with Crippen LogP contribution in [0, 0.1) is 13.8 Å². The quantitative estimate of drug-likeness (QED) is 0.790. The Hall–Kier alpha value is -2.43. The summed E-state index contributed by atoms with van der Waals surface area (Å²) in [4.78, 5) is 28.6. The molecule has 0 spiro atoms. The van der Waals surface area contributed by atoms with E-state index in [2.05, 4.69) is 4.98 Å². The summed E-state index contributed by atoms with van der Waals surface area (Å²) >= 11 is 0. The summed E-state index contributed by atoms with van der Waals surface area (Å²) in [5.41, 5.74) is 0.907. The molecule has 0 radical (unpaired) electrons. The summed E-state index contributed by atoms with van der Waals surface area (Å²) in [5.74, 6) is 0.896. The molecule has 1 aromatic carbocycles. The van der Waals surface area contributed by atoms with Gasteiger partial charge in [-0.1, -0.05) is 12.1 Å². The van der Waals surface area contributed by atoms with Crippen molar-refractivity contribution in [3.8, 4) is 5.75 Å². The first-order valence-corrected chi connectivity index (χ1v) is 6.83. The molecule has 2 aromatic rings. The first-order valence-electron chi connectivity index (χ1n) is 6.83. The molecule has 5 nitrogen and oxygen atoms in total. The van der Waals surface area contributed by atoms with Gasteiger partial charge in [0, 0.05) is 11.8 Å². The number of aromatic nitrogens is 2. The highest BCUT2D eigenvalue weighted by molar-refractivity contribution is 5.98. The first-order chi connectivity index (χ1) is 10.0. The number of ketones is 1. The molecule has 1 heterocycles. The number of carbonyl (C=O) groups excluding carboxylic acids is 1. The average Bonchev–Trinajstić information content (AvgIpc) is 2.43. The summed E-state index contributed by atoms with van der Waals surface area (Å²) < 4.78 is 6.82. The number of hydrogen-bond donors (Lipinski definition) is 0. The van der Waals surface area contributed by atoms with Gasteiger partial charge in [-0.05, 0) is 32.9 Å². The van der Waals surface area contributed by atoms with Crippen LogP contribution >= 0.6 is 0 Å². The third-order valence-electron chi connectivity index (χ3n) is 3.12. The summed E-state index contributed by atoms with van der Waals surface area (Å²) in [6.45, 7) is 5.78. The molecule has 0 N–H and O–H groups in total. The van der Waals surface area contributed by atoms with E-state index in [4.69, 9.17) is 4.74 Å². The van der Waals surface area contributed by atoms with Crippen LogP contribution in [-0.4, -0.2) is 21.9 Å². The van der Waals surface area contributed by atoms with Crippen molar-refractivity contribution >= 4 is 5.78 Å². The van der Waals surface area contributed by atoms with Gasteiger partial charge in [0.25, 0.3) is 5.56 Å². The van der Waals surface area contributed by atoms with E-state index in [0.29, 0.717) is 29.4 Å². The van der Waals surface area contributed by atoms with Crippen molar-refractivity contribution in [2.75, 3.05) is 6.61 Å². The van der Waals surface area contributed by atoms with Crippen LogP contribution in [0.3, 0.4) is 0 Å². The smallest absolute Gasteiger partial charge is 0.254 e. The molecule has 0 atom stereocenters. The van der Waals surface area contributed by atoms with E-state index in [-0.39, 0.29) is 17.9 Å². The second-order valence-corrected chi connectivity index (χ2v) is 4.72. The molecule has 0 unspecified atom stereocenters. The second kappa shape index (κ2) is 6.35. The van der Waals surface area contributed by atoms with Crippen LogP contribution in [0.5, 0.6) is 5.75 Å². The Kier molecular flexibility index (Phi) is 4.52. The van der Waals surface area contributed by atoms with Crippen LogP contribution in [0.15, 0.2) is 35.1 Å². The lowest BCUT2D eigenvalue weighted by Crippen LogP contribution is -2.27. The molecule has 0 saturated carbocycles. The Morgan fingerprint density at radius 1 is 1.29 bits per heavy atom. The number of para-hydroxylation sites is 1. The van der Waals surface area contributed by atoms with Crippen molar-refractivity contribution in [1.29, 1.82) is 0 Å². The van der Waals surface area contributed by atoms with E-state index in [1.165, 1.54) is 10.6 Å².